The number of rotatable bonds is 2. The van der Waals surface area contributed by atoms with Gasteiger partial charge in [-0.2, -0.15) is 13.2 Å². The number of hydrogen-bond donors (Lipinski definition) is 0. The lowest BCUT2D eigenvalue weighted by Crippen LogP contribution is -2.27. The summed E-state index contributed by atoms with van der Waals surface area (Å²) in [5.41, 5.74) is -0.376. The highest BCUT2D eigenvalue weighted by molar-refractivity contribution is 5.97. The number of hydrogen-bond acceptors (Lipinski definition) is 1. The van der Waals surface area contributed by atoms with Gasteiger partial charge in [-0.05, 0) is 31.0 Å². The molecule has 2 rings (SSSR count). The van der Waals surface area contributed by atoms with Crippen molar-refractivity contribution >= 4 is 11.6 Å². The minimum atomic E-state index is -4.37. The van der Waals surface area contributed by atoms with Gasteiger partial charge in [-0.25, -0.2) is 0 Å². The van der Waals surface area contributed by atoms with E-state index in [1.807, 2.05) is 6.92 Å². The Kier molecular flexibility index (Phi) is 3.32. The summed E-state index contributed by atoms with van der Waals surface area (Å²) in [6, 6.07) is 4.94. The molecule has 0 saturated carbocycles. The van der Waals surface area contributed by atoms with Gasteiger partial charge in [0.05, 0.1) is 5.56 Å². The van der Waals surface area contributed by atoms with Crippen LogP contribution in [0, 0.1) is 5.92 Å². The second-order valence-electron chi connectivity index (χ2n) is 4.43. The minimum absolute atomic E-state index is 0.0560. The van der Waals surface area contributed by atoms with Crippen molar-refractivity contribution in [3.05, 3.63) is 29.8 Å². The summed E-state index contributed by atoms with van der Waals surface area (Å²) in [6.07, 6.45) is -2.93. The third-order valence-corrected chi connectivity index (χ3v) is 3.29. The summed E-state index contributed by atoms with van der Waals surface area (Å²) in [5, 5.41) is 0. The molecule has 1 fully saturated rings. The van der Waals surface area contributed by atoms with E-state index in [0.29, 0.717) is 18.7 Å². The first-order valence-corrected chi connectivity index (χ1v) is 5.92. The molecule has 1 saturated heterocycles. The fourth-order valence-corrected chi connectivity index (χ4v) is 2.22. The maximum atomic E-state index is 12.6. The molecule has 1 aromatic carbocycles. The lowest BCUT2D eigenvalue weighted by Gasteiger charge is -2.18. The van der Waals surface area contributed by atoms with E-state index in [0.717, 1.165) is 18.6 Å². The smallest absolute Gasteiger partial charge is 0.312 e. The lowest BCUT2D eigenvalue weighted by molar-refractivity contribution is -0.137. The largest absolute Gasteiger partial charge is 0.416 e. The van der Waals surface area contributed by atoms with Gasteiger partial charge in [-0.15, -0.1) is 0 Å². The van der Waals surface area contributed by atoms with Crippen LogP contribution in [-0.2, 0) is 11.0 Å². The summed E-state index contributed by atoms with van der Waals surface area (Å²) in [6.45, 7) is 2.41. The van der Waals surface area contributed by atoms with Crippen LogP contribution >= 0.6 is 0 Å². The molecule has 1 aliphatic heterocycles. The first-order valence-electron chi connectivity index (χ1n) is 5.92. The molecule has 0 aromatic heterocycles. The first kappa shape index (κ1) is 12.9. The monoisotopic (exact) mass is 257 g/mol. The summed E-state index contributed by atoms with van der Waals surface area (Å²) < 4.78 is 37.8. The van der Waals surface area contributed by atoms with E-state index in [1.54, 1.807) is 6.07 Å². The van der Waals surface area contributed by atoms with Crippen molar-refractivity contribution < 1.29 is 18.0 Å². The second kappa shape index (κ2) is 4.63. The fourth-order valence-electron chi connectivity index (χ4n) is 2.22. The van der Waals surface area contributed by atoms with Gasteiger partial charge in [0, 0.05) is 18.2 Å². The predicted molar refractivity (Wildman–Crippen MR) is 62.2 cm³/mol. The fraction of sp³-hybridized carbons (Fsp3) is 0.462. The molecular weight excluding hydrogens is 243 g/mol. The SMILES string of the molecule is CCC1CCN(c2cccc(C(F)(F)F)c2)C1=O. The predicted octanol–water partition coefficient (Wildman–Crippen LogP) is 3.47. The number of halogens is 3. The van der Waals surface area contributed by atoms with E-state index in [4.69, 9.17) is 0 Å². The Labute approximate surface area is 103 Å². The number of anilines is 1. The zero-order valence-corrected chi connectivity index (χ0v) is 10.00. The Morgan fingerprint density at radius 2 is 2.11 bits per heavy atom. The number of nitrogens with zero attached hydrogens (tertiary/aromatic N) is 1. The standard InChI is InChI=1S/C13H14F3NO/c1-2-9-6-7-17(12(9)18)11-5-3-4-10(8-11)13(14,15)16/h3-5,8-9H,2,6-7H2,1H3. The number of carbonyl (C=O) groups excluding carboxylic acids is 1. The Balaban J connectivity index is 2.27. The topological polar surface area (TPSA) is 20.3 Å². The van der Waals surface area contributed by atoms with Crippen molar-refractivity contribution in [1.82, 2.24) is 0 Å². The minimum Gasteiger partial charge on any atom is -0.312 e. The molecule has 1 atom stereocenters. The first-order chi connectivity index (χ1) is 8.43. The molecule has 1 aromatic rings. The van der Waals surface area contributed by atoms with Crippen LogP contribution in [0.4, 0.5) is 18.9 Å². The molecule has 0 spiro atoms. The lowest BCUT2D eigenvalue weighted by atomic mass is 10.1. The quantitative estimate of drug-likeness (QED) is 0.794. The van der Waals surface area contributed by atoms with Crippen molar-refractivity contribution in [3.63, 3.8) is 0 Å². The van der Waals surface area contributed by atoms with Crippen molar-refractivity contribution in [2.75, 3.05) is 11.4 Å². The maximum absolute atomic E-state index is 12.6. The van der Waals surface area contributed by atoms with Gasteiger partial charge in [-0.1, -0.05) is 13.0 Å². The van der Waals surface area contributed by atoms with Gasteiger partial charge in [-0.3, -0.25) is 4.79 Å². The van der Waals surface area contributed by atoms with E-state index in [2.05, 4.69) is 0 Å². The van der Waals surface area contributed by atoms with Crippen molar-refractivity contribution in [1.29, 1.82) is 0 Å². The van der Waals surface area contributed by atoms with Crippen LogP contribution < -0.4 is 4.90 Å². The third-order valence-electron chi connectivity index (χ3n) is 3.29. The zero-order valence-electron chi connectivity index (χ0n) is 10.00. The summed E-state index contributed by atoms with van der Waals surface area (Å²) in [4.78, 5) is 13.4. The number of carbonyl (C=O) groups is 1. The van der Waals surface area contributed by atoms with Crippen molar-refractivity contribution in [3.8, 4) is 0 Å². The molecule has 2 nitrogen and oxygen atoms in total. The summed E-state index contributed by atoms with van der Waals surface area (Å²) in [5.74, 6) is -0.128. The molecule has 1 aliphatic rings. The maximum Gasteiger partial charge on any atom is 0.416 e. The van der Waals surface area contributed by atoms with Crippen LogP contribution in [0.25, 0.3) is 0 Å². The van der Waals surface area contributed by atoms with Crippen LogP contribution in [0.1, 0.15) is 25.3 Å². The highest BCUT2D eigenvalue weighted by Gasteiger charge is 2.34. The molecule has 5 heteroatoms. The van der Waals surface area contributed by atoms with Crippen LogP contribution in [0.5, 0.6) is 0 Å². The average molecular weight is 257 g/mol. The van der Waals surface area contributed by atoms with Gasteiger partial charge in [0.1, 0.15) is 0 Å². The van der Waals surface area contributed by atoms with Crippen molar-refractivity contribution in [2.45, 2.75) is 25.9 Å². The molecule has 18 heavy (non-hydrogen) atoms. The Hall–Kier alpha value is -1.52. The van der Waals surface area contributed by atoms with E-state index in [-0.39, 0.29) is 11.8 Å². The molecule has 1 heterocycles. The van der Waals surface area contributed by atoms with Gasteiger partial charge < -0.3 is 4.90 Å². The Morgan fingerprint density at radius 3 is 2.67 bits per heavy atom. The Bertz CT molecular complexity index is 456. The van der Waals surface area contributed by atoms with Crippen molar-refractivity contribution in [2.24, 2.45) is 5.92 Å². The molecule has 0 bridgehead atoms. The normalized spacial score (nSPS) is 20.6. The van der Waals surface area contributed by atoms with Gasteiger partial charge in [0.25, 0.3) is 0 Å². The highest BCUT2D eigenvalue weighted by atomic mass is 19.4. The highest BCUT2D eigenvalue weighted by Crippen LogP contribution is 2.33. The van der Waals surface area contributed by atoms with E-state index < -0.39 is 11.7 Å². The molecule has 98 valence electrons. The van der Waals surface area contributed by atoms with Gasteiger partial charge in [0.2, 0.25) is 5.91 Å². The van der Waals surface area contributed by atoms with Crippen LogP contribution in [0.2, 0.25) is 0 Å². The van der Waals surface area contributed by atoms with E-state index >= 15 is 0 Å². The van der Waals surface area contributed by atoms with Gasteiger partial charge in [0.15, 0.2) is 0 Å². The molecule has 0 radical (unpaired) electrons. The number of amides is 1. The van der Waals surface area contributed by atoms with Crippen LogP contribution in [0.15, 0.2) is 24.3 Å². The van der Waals surface area contributed by atoms with E-state index in [1.165, 1.54) is 11.0 Å². The second-order valence-corrected chi connectivity index (χ2v) is 4.43. The average Bonchev–Trinajstić information content (AvgIpc) is 2.69. The summed E-state index contributed by atoms with van der Waals surface area (Å²) >= 11 is 0. The molecule has 0 N–H and O–H groups in total. The summed E-state index contributed by atoms with van der Waals surface area (Å²) in [7, 11) is 0. The molecular formula is C13H14F3NO. The van der Waals surface area contributed by atoms with Crippen LogP contribution in [0.3, 0.4) is 0 Å². The van der Waals surface area contributed by atoms with E-state index in [9.17, 15) is 18.0 Å². The number of alkyl halides is 3. The zero-order chi connectivity index (χ0) is 13.3. The van der Waals surface area contributed by atoms with Gasteiger partial charge >= 0.3 is 6.18 Å². The Morgan fingerprint density at radius 1 is 1.39 bits per heavy atom. The number of benzene rings is 1. The molecule has 1 amide bonds. The van der Waals surface area contributed by atoms with Crippen LogP contribution in [-0.4, -0.2) is 12.5 Å². The molecule has 1 unspecified atom stereocenters. The third kappa shape index (κ3) is 2.35. The molecule has 0 aliphatic carbocycles.